The number of aliphatic hydroxyl groups excluding tert-OH is 2. The molecule has 1 aromatic heterocycles. The highest BCUT2D eigenvalue weighted by Gasteiger charge is 2.38. The van der Waals surface area contributed by atoms with E-state index in [4.69, 9.17) is 4.74 Å². The van der Waals surface area contributed by atoms with E-state index in [1.54, 1.807) is 6.92 Å². The largest absolute Gasteiger partial charge is 0.390 e. The maximum atomic E-state index is 11.7. The summed E-state index contributed by atoms with van der Waals surface area (Å²) in [5, 5.41) is 19.4. The first-order chi connectivity index (χ1) is 8.93. The zero-order valence-electron chi connectivity index (χ0n) is 10.4. The average molecular weight is 268 g/mol. The summed E-state index contributed by atoms with van der Waals surface area (Å²) in [4.78, 5) is 25.1. The standard InChI is InChI=1S/C12H16N2O5/c1-3-7(15)10-8(16)4-9(19-10)14-5-6(2)11(17)13-12(14)18/h3,5,7-10,15-16H,1,4H2,2H3,(H,13,17,18)/t7?,8-,9+,10+/m0/s1. The van der Waals surface area contributed by atoms with Crippen LogP contribution in [0.5, 0.6) is 0 Å². The van der Waals surface area contributed by atoms with Gasteiger partial charge in [0.05, 0.1) is 6.10 Å². The van der Waals surface area contributed by atoms with Gasteiger partial charge in [0.15, 0.2) is 0 Å². The summed E-state index contributed by atoms with van der Waals surface area (Å²) in [5.74, 6) is 0. The minimum Gasteiger partial charge on any atom is -0.390 e. The van der Waals surface area contributed by atoms with Gasteiger partial charge in [0.1, 0.15) is 18.4 Å². The van der Waals surface area contributed by atoms with Crippen LogP contribution in [0, 0.1) is 6.92 Å². The van der Waals surface area contributed by atoms with Crippen molar-refractivity contribution in [3.63, 3.8) is 0 Å². The smallest absolute Gasteiger partial charge is 0.330 e. The van der Waals surface area contributed by atoms with E-state index in [9.17, 15) is 19.8 Å². The molecule has 104 valence electrons. The lowest BCUT2D eigenvalue weighted by molar-refractivity contribution is -0.0682. The molecule has 1 saturated heterocycles. The maximum absolute atomic E-state index is 11.7. The van der Waals surface area contributed by atoms with Gasteiger partial charge in [0.2, 0.25) is 0 Å². The summed E-state index contributed by atoms with van der Waals surface area (Å²) in [6, 6.07) is 0. The fraction of sp³-hybridized carbons (Fsp3) is 0.500. The zero-order chi connectivity index (χ0) is 14.2. The predicted molar refractivity (Wildman–Crippen MR) is 66.8 cm³/mol. The van der Waals surface area contributed by atoms with Crippen molar-refractivity contribution >= 4 is 0 Å². The Balaban J connectivity index is 2.30. The molecule has 2 rings (SSSR count). The monoisotopic (exact) mass is 268 g/mol. The lowest BCUT2D eigenvalue weighted by Crippen LogP contribution is -2.34. The van der Waals surface area contributed by atoms with Crippen LogP contribution >= 0.6 is 0 Å². The quantitative estimate of drug-likeness (QED) is 0.612. The topological polar surface area (TPSA) is 105 Å². The molecule has 1 aliphatic heterocycles. The van der Waals surface area contributed by atoms with Crippen molar-refractivity contribution in [3.8, 4) is 0 Å². The second kappa shape index (κ2) is 5.12. The summed E-state index contributed by atoms with van der Waals surface area (Å²) in [7, 11) is 0. The molecule has 1 fully saturated rings. The lowest BCUT2D eigenvalue weighted by atomic mass is 10.1. The Bertz CT molecular complexity index is 591. The predicted octanol–water partition coefficient (Wildman–Crippen LogP) is -0.960. The third-order valence-corrected chi connectivity index (χ3v) is 3.17. The molecule has 0 radical (unpaired) electrons. The van der Waals surface area contributed by atoms with Crippen molar-refractivity contribution in [3.05, 3.63) is 45.3 Å². The molecule has 1 aliphatic rings. The molecule has 0 amide bonds. The van der Waals surface area contributed by atoms with Crippen molar-refractivity contribution in [2.24, 2.45) is 0 Å². The molecule has 0 aliphatic carbocycles. The Labute approximate surface area is 108 Å². The molecule has 1 aromatic rings. The number of hydrogen-bond acceptors (Lipinski definition) is 5. The van der Waals surface area contributed by atoms with Gasteiger partial charge in [-0.1, -0.05) is 6.08 Å². The number of ether oxygens (including phenoxy) is 1. The Morgan fingerprint density at radius 2 is 2.32 bits per heavy atom. The molecular weight excluding hydrogens is 252 g/mol. The Morgan fingerprint density at radius 3 is 2.95 bits per heavy atom. The van der Waals surface area contributed by atoms with Crippen molar-refractivity contribution in [2.75, 3.05) is 0 Å². The zero-order valence-corrected chi connectivity index (χ0v) is 10.4. The van der Waals surface area contributed by atoms with Crippen LogP contribution in [-0.2, 0) is 4.74 Å². The molecule has 7 heteroatoms. The van der Waals surface area contributed by atoms with E-state index in [1.807, 2.05) is 0 Å². The van der Waals surface area contributed by atoms with Gasteiger partial charge in [-0.15, -0.1) is 6.58 Å². The van der Waals surface area contributed by atoms with E-state index in [0.717, 1.165) is 0 Å². The highest BCUT2D eigenvalue weighted by atomic mass is 16.5. The number of aromatic amines is 1. The molecule has 0 aromatic carbocycles. The number of H-pyrrole nitrogens is 1. The number of rotatable bonds is 3. The van der Waals surface area contributed by atoms with Crippen LogP contribution in [0.2, 0.25) is 0 Å². The molecule has 4 atom stereocenters. The molecule has 7 nitrogen and oxygen atoms in total. The van der Waals surface area contributed by atoms with E-state index in [2.05, 4.69) is 11.6 Å². The summed E-state index contributed by atoms with van der Waals surface area (Å²) in [6.07, 6.45) is -0.685. The van der Waals surface area contributed by atoms with Crippen LogP contribution in [0.25, 0.3) is 0 Å². The minimum absolute atomic E-state index is 0.154. The van der Waals surface area contributed by atoms with Crippen molar-refractivity contribution in [1.82, 2.24) is 9.55 Å². The third-order valence-electron chi connectivity index (χ3n) is 3.17. The van der Waals surface area contributed by atoms with Gasteiger partial charge < -0.3 is 14.9 Å². The van der Waals surface area contributed by atoms with Gasteiger partial charge in [-0.25, -0.2) is 4.79 Å². The Hall–Kier alpha value is -1.70. The van der Waals surface area contributed by atoms with E-state index in [1.165, 1.54) is 16.8 Å². The third kappa shape index (κ3) is 2.53. The van der Waals surface area contributed by atoms with Crippen LogP contribution in [0.4, 0.5) is 0 Å². The fourth-order valence-corrected chi connectivity index (χ4v) is 2.09. The van der Waals surface area contributed by atoms with Crippen LogP contribution < -0.4 is 11.2 Å². The van der Waals surface area contributed by atoms with Gasteiger partial charge >= 0.3 is 5.69 Å². The van der Waals surface area contributed by atoms with Crippen molar-refractivity contribution < 1.29 is 14.9 Å². The second-order valence-corrected chi connectivity index (χ2v) is 4.56. The molecule has 0 spiro atoms. The summed E-state index contributed by atoms with van der Waals surface area (Å²) in [5.41, 5.74) is -0.700. The van der Waals surface area contributed by atoms with Gasteiger partial charge in [-0.3, -0.25) is 14.3 Å². The molecular formula is C12H16N2O5. The summed E-state index contributed by atoms with van der Waals surface area (Å²) in [6.45, 7) is 4.99. The number of nitrogens with zero attached hydrogens (tertiary/aromatic N) is 1. The number of aryl methyl sites for hydroxylation is 1. The Morgan fingerprint density at radius 1 is 1.63 bits per heavy atom. The first-order valence-electron chi connectivity index (χ1n) is 5.90. The fourth-order valence-electron chi connectivity index (χ4n) is 2.09. The van der Waals surface area contributed by atoms with E-state index >= 15 is 0 Å². The van der Waals surface area contributed by atoms with Crippen LogP contribution in [0.1, 0.15) is 18.2 Å². The van der Waals surface area contributed by atoms with Gasteiger partial charge in [-0.2, -0.15) is 0 Å². The molecule has 2 heterocycles. The molecule has 0 saturated carbocycles. The van der Waals surface area contributed by atoms with Gasteiger partial charge in [0, 0.05) is 18.2 Å². The van der Waals surface area contributed by atoms with Crippen molar-refractivity contribution in [1.29, 1.82) is 0 Å². The molecule has 1 unspecified atom stereocenters. The number of hydrogen-bond donors (Lipinski definition) is 3. The Kier molecular flexibility index (Phi) is 3.70. The number of aliphatic hydroxyl groups is 2. The highest BCUT2D eigenvalue weighted by molar-refractivity contribution is 5.02. The van der Waals surface area contributed by atoms with Crippen LogP contribution in [0.15, 0.2) is 28.4 Å². The van der Waals surface area contributed by atoms with Crippen LogP contribution in [0.3, 0.4) is 0 Å². The number of aromatic nitrogens is 2. The average Bonchev–Trinajstić information content (AvgIpc) is 2.75. The number of nitrogens with one attached hydrogen (secondary N) is 1. The second-order valence-electron chi connectivity index (χ2n) is 4.56. The van der Waals surface area contributed by atoms with E-state index in [0.29, 0.717) is 5.56 Å². The first-order valence-corrected chi connectivity index (χ1v) is 5.90. The van der Waals surface area contributed by atoms with E-state index in [-0.39, 0.29) is 6.42 Å². The summed E-state index contributed by atoms with van der Waals surface area (Å²) >= 11 is 0. The normalized spacial score (nSPS) is 28.3. The minimum atomic E-state index is -1.01. The summed E-state index contributed by atoms with van der Waals surface area (Å²) < 4.78 is 6.66. The highest BCUT2D eigenvalue weighted by Crippen LogP contribution is 2.29. The maximum Gasteiger partial charge on any atom is 0.330 e. The van der Waals surface area contributed by atoms with Gasteiger partial charge in [0.25, 0.3) is 5.56 Å². The molecule has 19 heavy (non-hydrogen) atoms. The van der Waals surface area contributed by atoms with Crippen LogP contribution in [-0.4, -0.2) is 38.1 Å². The molecule has 0 bridgehead atoms. The SMILES string of the molecule is C=CC(O)[C@H]1O[C@@H](n2cc(C)c(=O)[nH]c2=O)C[C@@H]1O. The first kappa shape index (κ1) is 13.7. The lowest BCUT2D eigenvalue weighted by Gasteiger charge is -2.18. The van der Waals surface area contributed by atoms with Gasteiger partial charge in [-0.05, 0) is 6.92 Å². The van der Waals surface area contributed by atoms with E-state index < -0.39 is 35.8 Å². The van der Waals surface area contributed by atoms with Crippen molar-refractivity contribution in [2.45, 2.75) is 37.9 Å². The molecule has 3 N–H and O–H groups in total.